The Balaban J connectivity index is 1.75. The zero-order chi connectivity index (χ0) is 22.5. The van der Waals surface area contributed by atoms with E-state index in [0.717, 1.165) is 4.90 Å². The molecule has 1 saturated heterocycles. The van der Waals surface area contributed by atoms with Crippen molar-refractivity contribution in [1.82, 2.24) is 4.90 Å². The third-order valence-corrected chi connectivity index (χ3v) is 6.45. The molecule has 0 aromatic heterocycles. The van der Waals surface area contributed by atoms with E-state index < -0.39 is 41.8 Å². The van der Waals surface area contributed by atoms with Crippen LogP contribution < -0.4 is 0 Å². The fourth-order valence-electron chi connectivity index (χ4n) is 5.06. The first-order chi connectivity index (χ1) is 14.9. The highest BCUT2D eigenvalue weighted by molar-refractivity contribution is 6.06. The van der Waals surface area contributed by atoms with E-state index in [0.29, 0.717) is 38.0 Å². The maximum absolute atomic E-state index is 13.1. The van der Waals surface area contributed by atoms with Gasteiger partial charge in [0.05, 0.1) is 42.8 Å². The molecule has 0 unspecified atom stereocenters. The topological polar surface area (TPSA) is 126 Å². The van der Waals surface area contributed by atoms with Crippen LogP contribution in [-0.4, -0.2) is 70.6 Å². The van der Waals surface area contributed by atoms with Crippen LogP contribution in [-0.2, 0) is 24.0 Å². The Morgan fingerprint density at radius 1 is 1.26 bits per heavy atom. The average Bonchev–Trinajstić information content (AvgIpc) is 2.99. The highest BCUT2D eigenvalue weighted by atomic mass is 16.6. The molecule has 6 atom stereocenters. The van der Waals surface area contributed by atoms with Gasteiger partial charge in [-0.2, -0.15) is 0 Å². The third-order valence-electron chi connectivity index (χ3n) is 6.45. The number of unbranched alkanes of at least 4 members (excludes halogenated alkanes) is 1. The van der Waals surface area contributed by atoms with Crippen molar-refractivity contribution in [2.45, 2.75) is 57.7 Å². The summed E-state index contributed by atoms with van der Waals surface area (Å²) in [6.45, 7) is 2.22. The van der Waals surface area contributed by atoms with Crippen LogP contribution in [0.2, 0.25) is 0 Å². The molecule has 0 spiro atoms. The number of amides is 2. The number of likely N-dealkylation sites (tertiary alicyclic amines) is 1. The SMILES string of the molecule is C#CCCCO/N=C1/C[C@@H](O)[C@@H](O)[C@@H]2[C@@H]3C(=O)N(CCC(=O)OCC)C(=O)[C@H]3CC[C@H]12. The second-order valence-corrected chi connectivity index (χ2v) is 8.26. The number of oxime groups is 1. The largest absolute Gasteiger partial charge is 0.466 e. The quantitative estimate of drug-likeness (QED) is 0.187. The van der Waals surface area contributed by atoms with Gasteiger partial charge in [-0.15, -0.1) is 12.3 Å². The van der Waals surface area contributed by atoms with Crippen LogP contribution in [0.1, 0.15) is 45.4 Å². The van der Waals surface area contributed by atoms with E-state index in [1.165, 1.54) is 0 Å². The van der Waals surface area contributed by atoms with Crippen LogP contribution in [0.3, 0.4) is 0 Å². The molecular weight excluding hydrogens is 404 g/mol. The van der Waals surface area contributed by atoms with Crippen molar-refractivity contribution in [3.05, 3.63) is 0 Å². The molecule has 0 aromatic carbocycles. The number of carbonyl (C=O) groups is 3. The molecule has 9 nitrogen and oxygen atoms in total. The van der Waals surface area contributed by atoms with E-state index in [1.807, 2.05) is 0 Å². The first kappa shape index (κ1) is 23.2. The molecule has 2 amide bonds. The summed E-state index contributed by atoms with van der Waals surface area (Å²) in [6.07, 6.45) is 5.34. The number of hydrogen-bond acceptors (Lipinski definition) is 8. The average molecular weight is 434 g/mol. The Morgan fingerprint density at radius 2 is 2.00 bits per heavy atom. The van der Waals surface area contributed by atoms with Crippen molar-refractivity contribution >= 4 is 23.5 Å². The Hall–Kier alpha value is -2.44. The molecule has 1 aliphatic heterocycles. The van der Waals surface area contributed by atoms with Crippen LogP contribution in [0.15, 0.2) is 5.16 Å². The van der Waals surface area contributed by atoms with Gasteiger partial charge in [-0.25, -0.2) is 0 Å². The summed E-state index contributed by atoms with van der Waals surface area (Å²) in [6, 6.07) is 0. The summed E-state index contributed by atoms with van der Waals surface area (Å²) < 4.78 is 4.88. The minimum Gasteiger partial charge on any atom is -0.466 e. The lowest BCUT2D eigenvalue weighted by atomic mass is 9.60. The first-order valence-electron chi connectivity index (χ1n) is 10.9. The molecule has 0 bridgehead atoms. The number of esters is 1. The Labute approximate surface area is 181 Å². The molecule has 0 aromatic rings. The highest BCUT2D eigenvalue weighted by Crippen LogP contribution is 2.49. The summed E-state index contributed by atoms with van der Waals surface area (Å²) in [7, 11) is 0. The molecular formula is C22H30N2O7. The zero-order valence-corrected chi connectivity index (χ0v) is 17.7. The molecule has 3 fully saturated rings. The normalized spacial score (nSPS) is 33.6. The molecule has 3 rings (SSSR count). The first-order valence-corrected chi connectivity index (χ1v) is 10.9. The number of imide groups is 1. The molecule has 9 heteroatoms. The summed E-state index contributed by atoms with van der Waals surface area (Å²) in [4.78, 5) is 44.2. The summed E-state index contributed by atoms with van der Waals surface area (Å²) in [5, 5.41) is 25.3. The van der Waals surface area contributed by atoms with Crippen LogP contribution in [0.5, 0.6) is 0 Å². The van der Waals surface area contributed by atoms with E-state index in [4.69, 9.17) is 16.0 Å². The molecule has 0 radical (unpaired) electrons. The maximum atomic E-state index is 13.1. The van der Waals surface area contributed by atoms with Crippen molar-refractivity contribution in [2.75, 3.05) is 19.8 Å². The van der Waals surface area contributed by atoms with Gasteiger partial charge in [0.25, 0.3) is 0 Å². The number of aliphatic hydroxyl groups is 2. The van der Waals surface area contributed by atoms with Crippen LogP contribution in [0, 0.1) is 36.0 Å². The van der Waals surface area contributed by atoms with Crippen LogP contribution >= 0.6 is 0 Å². The molecule has 2 N–H and O–H groups in total. The molecule has 2 aliphatic carbocycles. The second kappa shape index (κ2) is 10.2. The second-order valence-electron chi connectivity index (χ2n) is 8.26. The number of ether oxygens (including phenoxy) is 1. The van der Waals surface area contributed by atoms with Gasteiger partial charge in [-0.05, 0) is 26.2 Å². The van der Waals surface area contributed by atoms with Gasteiger partial charge in [0.1, 0.15) is 6.61 Å². The van der Waals surface area contributed by atoms with Crippen molar-refractivity contribution in [3.8, 4) is 12.3 Å². The van der Waals surface area contributed by atoms with Gasteiger partial charge in [-0.1, -0.05) is 5.16 Å². The van der Waals surface area contributed by atoms with Gasteiger partial charge in [0, 0.05) is 31.2 Å². The van der Waals surface area contributed by atoms with Crippen molar-refractivity contribution in [2.24, 2.45) is 28.8 Å². The standard InChI is InChI=1S/C22H30N2O7/c1-3-5-6-11-31-23-15-12-16(25)20(27)18-13(15)7-8-14-19(18)22(29)24(21(14)28)10-9-17(26)30-4-2/h1,13-14,16,18-20,25,27H,4-12H2,2H3/b23-15-/t13-,14+,16-,18+,19-,20-/m1/s1. The molecule has 31 heavy (non-hydrogen) atoms. The van der Waals surface area contributed by atoms with E-state index in [-0.39, 0.29) is 37.8 Å². The van der Waals surface area contributed by atoms with E-state index in [2.05, 4.69) is 11.1 Å². The number of terminal acetylenes is 1. The van der Waals surface area contributed by atoms with Crippen LogP contribution in [0.4, 0.5) is 0 Å². The van der Waals surface area contributed by atoms with Crippen molar-refractivity contribution in [3.63, 3.8) is 0 Å². The third kappa shape index (κ3) is 4.75. The Bertz CT molecular complexity index is 774. The van der Waals surface area contributed by atoms with E-state index in [9.17, 15) is 24.6 Å². The van der Waals surface area contributed by atoms with Gasteiger partial charge in [0.15, 0.2) is 0 Å². The van der Waals surface area contributed by atoms with E-state index >= 15 is 0 Å². The monoisotopic (exact) mass is 434 g/mol. The number of carbonyl (C=O) groups excluding carboxylic acids is 3. The van der Waals surface area contributed by atoms with Crippen molar-refractivity contribution < 1.29 is 34.2 Å². The number of hydrogen-bond donors (Lipinski definition) is 2. The minimum atomic E-state index is -1.14. The highest BCUT2D eigenvalue weighted by Gasteiger charge is 2.59. The van der Waals surface area contributed by atoms with Gasteiger partial charge < -0.3 is 19.8 Å². The number of nitrogens with zero attached hydrogens (tertiary/aromatic N) is 2. The van der Waals surface area contributed by atoms with Gasteiger partial charge >= 0.3 is 5.97 Å². The fraction of sp³-hybridized carbons (Fsp3) is 0.727. The minimum absolute atomic E-state index is 0.0429. The predicted octanol–water partition coefficient (Wildman–Crippen LogP) is 0.479. The molecule has 1 heterocycles. The van der Waals surface area contributed by atoms with Gasteiger partial charge in [-0.3, -0.25) is 19.3 Å². The maximum Gasteiger partial charge on any atom is 0.307 e. The lowest BCUT2D eigenvalue weighted by Gasteiger charge is -2.45. The number of aliphatic hydroxyl groups excluding tert-OH is 2. The summed E-state index contributed by atoms with van der Waals surface area (Å²) in [5.74, 6) is -0.868. The lowest BCUT2D eigenvalue weighted by Crippen LogP contribution is -2.54. The number of rotatable bonds is 8. The lowest BCUT2D eigenvalue weighted by molar-refractivity contribution is -0.145. The molecule has 2 saturated carbocycles. The fourth-order valence-corrected chi connectivity index (χ4v) is 5.06. The van der Waals surface area contributed by atoms with Gasteiger partial charge in [0.2, 0.25) is 11.8 Å². The Morgan fingerprint density at radius 3 is 2.71 bits per heavy atom. The Kier molecular flexibility index (Phi) is 7.68. The molecule has 3 aliphatic rings. The smallest absolute Gasteiger partial charge is 0.307 e. The van der Waals surface area contributed by atoms with E-state index in [1.54, 1.807) is 6.92 Å². The zero-order valence-electron chi connectivity index (χ0n) is 17.7. The van der Waals surface area contributed by atoms with Crippen molar-refractivity contribution in [1.29, 1.82) is 0 Å². The summed E-state index contributed by atoms with van der Waals surface area (Å²) in [5.41, 5.74) is 0.604. The molecule has 170 valence electrons. The summed E-state index contributed by atoms with van der Waals surface area (Å²) >= 11 is 0. The number of fused-ring (bicyclic) bond motifs is 3. The predicted molar refractivity (Wildman–Crippen MR) is 109 cm³/mol. The van der Waals surface area contributed by atoms with Crippen LogP contribution in [0.25, 0.3) is 0 Å².